The molecule has 0 saturated heterocycles. The Morgan fingerprint density at radius 1 is 1.35 bits per heavy atom. The first-order chi connectivity index (χ1) is 8.99. The molecule has 0 atom stereocenters. The first-order valence-corrected chi connectivity index (χ1v) is 6.89. The van der Waals surface area contributed by atoms with Gasteiger partial charge in [0.15, 0.2) is 0 Å². The summed E-state index contributed by atoms with van der Waals surface area (Å²) in [5.74, 6) is -0.410. The van der Waals surface area contributed by atoms with E-state index in [0.29, 0.717) is 24.3 Å². The van der Waals surface area contributed by atoms with Crippen LogP contribution in [0, 0.1) is 0 Å². The first-order valence-electron chi connectivity index (χ1n) is 6.10. The van der Waals surface area contributed by atoms with Crippen molar-refractivity contribution in [2.45, 2.75) is 13.8 Å². The van der Waals surface area contributed by atoms with E-state index in [2.05, 4.69) is 21.2 Å². The number of amides is 2. The summed E-state index contributed by atoms with van der Waals surface area (Å²) in [6.07, 6.45) is 0. The van der Waals surface area contributed by atoms with E-state index < -0.39 is 0 Å². The fourth-order valence-corrected chi connectivity index (χ4v) is 2.03. The van der Waals surface area contributed by atoms with E-state index in [1.165, 1.54) is 4.90 Å². The van der Waals surface area contributed by atoms with Gasteiger partial charge in [-0.05, 0) is 32.0 Å². The lowest BCUT2D eigenvalue weighted by Gasteiger charge is -2.21. The predicted molar refractivity (Wildman–Crippen MR) is 86.1 cm³/mol. The molecule has 2 amide bonds. The van der Waals surface area contributed by atoms with Gasteiger partial charge in [-0.3, -0.25) is 9.59 Å². The number of benzene rings is 1. The van der Waals surface area contributed by atoms with Crippen molar-refractivity contribution in [1.82, 2.24) is 10.2 Å². The van der Waals surface area contributed by atoms with Crippen LogP contribution < -0.4 is 11.1 Å². The van der Waals surface area contributed by atoms with Gasteiger partial charge in [-0.2, -0.15) is 0 Å². The highest BCUT2D eigenvalue weighted by Crippen LogP contribution is 2.20. The summed E-state index contributed by atoms with van der Waals surface area (Å²) in [5, 5.41) is 2.67. The topological polar surface area (TPSA) is 75.4 Å². The molecular formula is C13H19BrClN3O2. The zero-order valence-electron chi connectivity index (χ0n) is 11.5. The number of nitrogens with two attached hydrogens (primary N) is 1. The van der Waals surface area contributed by atoms with E-state index in [0.717, 1.165) is 4.47 Å². The summed E-state index contributed by atoms with van der Waals surface area (Å²) in [6, 6.07) is 5.08. The zero-order valence-corrected chi connectivity index (χ0v) is 13.9. The van der Waals surface area contributed by atoms with Crippen molar-refractivity contribution in [1.29, 1.82) is 0 Å². The van der Waals surface area contributed by atoms with Crippen LogP contribution in [0.4, 0.5) is 5.69 Å². The molecule has 1 aromatic carbocycles. The number of rotatable bonds is 5. The van der Waals surface area contributed by atoms with Crippen molar-refractivity contribution in [2.24, 2.45) is 0 Å². The summed E-state index contributed by atoms with van der Waals surface area (Å²) in [5.41, 5.74) is 6.63. The largest absolute Gasteiger partial charge is 0.398 e. The Kier molecular flexibility index (Phi) is 8.25. The monoisotopic (exact) mass is 363 g/mol. The molecule has 20 heavy (non-hydrogen) atoms. The predicted octanol–water partition coefficient (Wildman–Crippen LogP) is 2.05. The van der Waals surface area contributed by atoms with E-state index in [9.17, 15) is 9.59 Å². The third kappa shape index (κ3) is 5.02. The lowest BCUT2D eigenvalue weighted by molar-refractivity contribution is -0.121. The Hall–Kier alpha value is -1.27. The van der Waals surface area contributed by atoms with E-state index in [1.54, 1.807) is 18.2 Å². The maximum absolute atomic E-state index is 12.3. The highest BCUT2D eigenvalue weighted by molar-refractivity contribution is 9.10. The van der Waals surface area contributed by atoms with Crippen LogP contribution in [0.5, 0.6) is 0 Å². The highest BCUT2D eigenvalue weighted by atomic mass is 79.9. The number of halogens is 2. The van der Waals surface area contributed by atoms with Crippen LogP contribution in [0.15, 0.2) is 22.7 Å². The molecule has 3 N–H and O–H groups in total. The Morgan fingerprint density at radius 2 is 2.00 bits per heavy atom. The van der Waals surface area contributed by atoms with Gasteiger partial charge in [0.2, 0.25) is 5.91 Å². The molecule has 1 aromatic rings. The lowest BCUT2D eigenvalue weighted by atomic mass is 10.1. The number of nitrogens with zero attached hydrogens (tertiary/aromatic N) is 1. The van der Waals surface area contributed by atoms with Crippen LogP contribution >= 0.6 is 28.3 Å². The standard InChI is InChI=1S/C13H18BrN3O2.ClH/c1-3-16-12(18)8-17(4-2)13(19)10-6-5-9(14)7-11(10)15;/h5-7H,3-4,8,15H2,1-2H3,(H,16,18);1H. The molecule has 7 heteroatoms. The second-order valence-corrected chi connectivity index (χ2v) is 4.92. The summed E-state index contributed by atoms with van der Waals surface area (Å²) in [4.78, 5) is 25.3. The fraction of sp³-hybridized carbons (Fsp3) is 0.385. The second kappa shape index (κ2) is 8.81. The van der Waals surface area contributed by atoms with Crippen molar-refractivity contribution in [3.8, 4) is 0 Å². The summed E-state index contributed by atoms with van der Waals surface area (Å²) < 4.78 is 0.813. The highest BCUT2D eigenvalue weighted by Gasteiger charge is 2.19. The minimum absolute atomic E-state index is 0. The van der Waals surface area contributed by atoms with Gasteiger partial charge >= 0.3 is 0 Å². The molecule has 0 fully saturated rings. The molecule has 1 rings (SSSR count). The maximum atomic E-state index is 12.3. The molecule has 0 radical (unpaired) electrons. The van der Waals surface area contributed by atoms with Crippen LogP contribution in [0.1, 0.15) is 24.2 Å². The minimum Gasteiger partial charge on any atom is -0.398 e. The summed E-state index contributed by atoms with van der Waals surface area (Å²) in [7, 11) is 0. The van der Waals surface area contributed by atoms with Crippen molar-refractivity contribution < 1.29 is 9.59 Å². The molecule has 0 spiro atoms. The number of likely N-dealkylation sites (N-methyl/N-ethyl adjacent to an activating group) is 2. The minimum atomic E-state index is -0.237. The second-order valence-electron chi connectivity index (χ2n) is 4.00. The molecule has 0 aliphatic rings. The Morgan fingerprint density at radius 3 is 2.50 bits per heavy atom. The number of nitrogen functional groups attached to an aromatic ring is 1. The normalized spacial score (nSPS) is 9.55. The molecule has 0 heterocycles. The molecule has 0 unspecified atom stereocenters. The number of hydrogen-bond donors (Lipinski definition) is 2. The zero-order chi connectivity index (χ0) is 14.4. The third-order valence-corrected chi connectivity index (χ3v) is 3.11. The first kappa shape index (κ1) is 18.7. The van der Waals surface area contributed by atoms with Crippen molar-refractivity contribution >= 4 is 45.8 Å². The number of hydrogen-bond acceptors (Lipinski definition) is 3. The van der Waals surface area contributed by atoms with E-state index in [-0.39, 0.29) is 30.8 Å². The van der Waals surface area contributed by atoms with Gasteiger partial charge < -0.3 is 16.0 Å². The van der Waals surface area contributed by atoms with Gasteiger partial charge in [0.1, 0.15) is 0 Å². The summed E-state index contributed by atoms with van der Waals surface area (Å²) in [6.45, 7) is 4.70. The summed E-state index contributed by atoms with van der Waals surface area (Å²) >= 11 is 3.29. The molecular weight excluding hydrogens is 346 g/mol. The van der Waals surface area contributed by atoms with E-state index in [1.807, 2.05) is 13.8 Å². The molecule has 0 saturated carbocycles. The van der Waals surface area contributed by atoms with Gasteiger partial charge in [-0.25, -0.2) is 0 Å². The Bertz CT molecular complexity index is 483. The third-order valence-electron chi connectivity index (χ3n) is 2.62. The molecule has 5 nitrogen and oxygen atoms in total. The molecule has 0 bridgehead atoms. The maximum Gasteiger partial charge on any atom is 0.256 e. The average molecular weight is 365 g/mol. The van der Waals surface area contributed by atoms with Crippen molar-refractivity contribution in [2.75, 3.05) is 25.4 Å². The molecule has 112 valence electrons. The van der Waals surface area contributed by atoms with Gasteiger partial charge in [-0.1, -0.05) is 15.9 Å². The van der Waals surface area contributed by atoms with Gasteiger partial charge in [0, 0.05) is 23.2 Å². The van der Waals surface area contributed by atoms with Crippen molar-refractivity contribution in [3.63, 3.8) is 0 Å². The smallest absolute Gasteiger partial charge is 0.256 e. The quantitative estimate of drug-likeness (QED) is 0.785. The van der Waals surface area contributed by atoms with Crippen LogP contribution in [0.3, 0.4) is 0 Å². The number of carbonyl (C=O) groups excluding carboxylic acids is 2. The van der Waals surface area contributed by atoms with Crippen molar-refractivity contribution in [3.05, 3.63) is 28.2 Å². The Balaban J connectivity index is 0.00000361. The van der Waals surface area contributed by atoms with E-state index in [4.69, 9.17) is 5.73 Å². The van der Waals surface area contributed by atoms with Gasteiger partial charge in [-0.15, -0.1) is 12.4 Å². The molecule has 0 aliphatic carbocycles. The fourth-order valence-electron chi connectivity index (χ4n) is 1.65. The van der Waals surface area contributed by atoms with Crippen LogP contribution in [0.25, 0.3) is 0 Å². The van der Waals surface area contributed by atoms with Gasteiger partial charge in [0.05, 0.1) is 12.1 Å². The Labute approximate surface area is 133 Å². The SMILES string of the molecule is CCNC(=O)CN(CC)C(=O)c1ccc(Br)cc1N.Cl. The average Bonchev–Trinajstić information content (AvgIpc) is 2.35. The van der Waals surface area contributed by atoms with Gasteiger partial charge in [0.25, 0.3) is 5.91 Å². The van der Waals surface area contributed by atoms with E-state index >= 15 is 0 Å². The number of carbonyl (C=O) groups is 2. The number of anilines is 1. The molecule has 0 aromatic heterocycles. The van der Waals surface area contributed by atoms with Crippen LogP contribution in [-0.2, 0) is 4.79 Å². The lowest BCUT2D eigenvalue weighted by Crippen LogP contribution is -2.40. The van der Waals surface area contributed by atoms with Crippen LogP contribution in [0.2, 0.25) is 0 Å². The molecule has 0 aliphatic heterocycles. The number of nitrogens with one attached hydrogen (secondary N) is 1. The van der Waals surface area contributed by atoms with Crippen LogP contribution in [-0.4, -0.2) is 36.3 Å².